The number of benzene rings is 1. The number of nitrogens with one attached hydrogen (secondary N) is 1. The minimum atomic E-state index is -0.474. The Balaban J connectivity index is 2.07. The van der Waals surface area contributed by atoms with Gasteiger partial charge in [-0.15, -0.1) is 0 Å². The van der Waals surface area contributed by atoms with Crippen molar-refractivity contribution in [3.05, 3.63) is 76.0 Å². The number of allylic oxidation sites excluding steroid dienone is 1. The molecule has 26 heavy (non-hydrogen) atoms. The predicted molar refractivity (Wildman–Crippen MR) is 97.4 cm³/mol. The van der Waals surface area contributed by atoms with Gasteiger partial charge in [0.25, 0.3) is 0 Å². The van der Waals surface area contributed by atoms with Crippen LogP contribution in [0.5, 0.6) is 0 Å². The monoisotopic (exact) mass is 373 g/mol. The number of nitrogens with zero attached hydrogens (tertiary/aromatic N) is 2. The molecule has 134 valence electrons. The predicted octanol–water partition coefficient (Wildman–Crippen LogP) is 3.80. The molecule has 1 N–H and O–H groups in total. The molecule has 0 saturated heterocycles. The van der Waals surface area contributed by atoms with Gasteiger partial charge in [-0.3, -0.25) is 9.79 Å². The Labute approximate surface area is 155 Å². The lowest BCUT2D eigenvalue weighted by Gasteiger charge is -2.27. The van der Waals surface area contributed by atoms with E-state index in [1.54, 1.807) is 12.1 Å². The average molecular weight is 374 g/mol. The third-order valence-corrected chi connectivity index (χ3v) is 4.36. The molecular formula is C19H17ClFN3O2. The van der Waals surface area contributed by atoms with E-state index in [1.807, 2.05) is 19.1 Å². The van der Waals surface area contributed by atoms with Gasteiger partial charge in [0, 0.05) is 16.9 Å². The van der Waals surface area contributed by atoms with Gasteiger partial charge in [0.15, 0.2) is 11.7 Å². The van der Waals surface area contributed by atoms with Crippen molar-refractivity contribution in [2.24, 2.45) is 4.99 Å². The molecular weight excluding hydrogens is 357 g/mol. The van der Waals surface area contributed by atoms with Gasteiger partial charge in [-0.05, 0) is 42.3 Å². The van der Waals surface area contributed by atoms with E-state index < -0.39 is 11.9 Å². The number of esters is 1. The van der Waals surface area contributed by atoms with Crippen LogP contribution in [0.25, 0.3) is 0 Å². The fraction of sp³-hybridized carbons (Fsp3) is 0.211. The Morgan fingerprint density at radius 2 is 2.04 bits per heavy atom. The van der Waals surface area contributed by atoms with Crippen LogP contribution in [0.1, 0.15) is 30.6 Å². The minimum Gasteiger partial charge on any atom is -0.469 e. The molecule has 3 rings (SSSR count). The molecule has 1 aliphatic heterocycles. The molecule has 1 atom stereocenters. The second kappa shape index (κ2) is 7.66. The number of carbonyl (C=O) groups is 1. The van der Waals surface area contributed by atoms with Gasteiger partial charge in [-0.25, -0.2) is 9.37 Å². The van der Waals surface area contributed by atoms with Crippen LogP contribution in [0.4, 0.5) is 4.39 Å². The third kappa shape index (κ3) is 3.75. The highest BCUT2D eigenvalue weighted by atomic mass is 35.5. The molecule has 1 unspecified atom stereocenters. The summed E-state index contributed by atoms with van der Waals surface area (Å²) >= 11 is 5.97. The minimum absolute atomic E-state index is 0.0735. The SMILES string of the molecule is COC(=O)CC1=C(C)NC(c2ncccc2F)=NC1c1ccc(Cl)cc1. The molecule has 0 bridgehead atoms. The second-order valence-electron chi connectivity index (χ2n) is 5.79. The molecule has 0 saturated carbocycles. The number of halogens is 2. The Hall–Kier alpha value is -2.73. The van der Waals surface area contributed by atoms with E-state index in [1.165, 1.54) is 25.4 Å². The first kappa shape index (κ1) is 18.1. The van der Waals surface area contributed by atoms with E-state index >= 15 is 0 Å². The molecule has 2 aromatic rings. The number of aromatic nitrogens is 1. The number of ether oxygens (including phenoxy) is 1. The van der Waals surface area contributed by atoms with Crippen molar-refractivity contribution < 1.29 is 13.9 Å². The maximum Gasteiger partial charge on any atom is 0.309 e. The van der Waals surface area contributed by atoms with E-state index in [2.05, 4.69) is 15.3 Å². The van der Waals surface area contributed by atoms with Crippen molar-refractivity contribution in [2.75, 3.05) is 7.11 Å². The summed E-state index contributed by atoms with van der Waals surface area (Å²) in [4.78, 5) is 20.5. The van der Waals surface area contributed by atoms with Gasteiger partial charge < -0.3 is 10.1 Å². The molecule has 5 nitrogen and oxygen atoms in total. The number of hydrogen-bond donors (Lipinski definition) is 1. The first-order valence-electron chi connectivity index (χ1n) is 7.97. The van der Waals surface area contributed by atoms with Gasteiger partial charge in [0.1, 0.15) is 11.7 Å². The zero-order valence-corrected chi connectivity index (χ0v) is 15.0. The van der Waals surface area contributed by atoms with Crippen LogP contribution in [0, 0.1) is 5.82 Å². The van der Waals surface area contributed by atoms with Crippen LogP contribution in [0.15, 0.2) is 58.9 Å². The summed E-state index contributed by atoms with van der Waals surface area (Å²) < 4.78 is 18.9. The number of carbonyl (C=O) groups excluding carboxylic acids is 1. The molecule has 0 amide bonds. The van der Waals surface area contributed by atoms with Crippen LogP contribution in [-0.4, -0.2) is 23.9 Å². The Kier molecular flexibility index (Phi) is 5.32. The van der Waals surface area contributed by atoms with E-state index in [0.29, 0.717) is 16.6 Å². The van der Waals surface area contributed by atoms with Gasteiger partial charge in [0.2, 0.25) is 0 Å². The topological polar surface area (TPSA) is 63.6 Å². The first-order chi connectivity index (χ1) is 12.5. The maximum absolute atomic E-state index is 14.2. The summed E-state index contributed by atoms with van der Waals surface area (Å²) in [7, 11) is 1.34. The van der Waals surface area contributed by atoms with Gasteiger partial charge in [-0.1, -0.05) is 23.7 Å². The van der Waals surface area contributed by atoms with Crippen LogP contribution in [0.3, 0.4) is 0 Å². The molecule has 1 aliphatic rings. The normalized spacial score (nSPS) is 16.8. The number of pyridine rings is 1. The smallest absolute Gasteiger partial charge is 0.309 e. The molecule has 1 aromatic carbocycles. The highest BCUT2D eigenvalue weighted by molar-refractivity contribution is 6.30. The summed E-state index contributed by atoms with van der Waals surface area (Å²) in [6.07, 6.45) is 1.58. The van der Waals surface area contributed by atoms with E-state index in [9.17, 15) is 9.18 Å². The molecule has 1 aromatic heterocycles. The Morgan fingerprint density at radius 1 is 1.31 bits per heavy atom. The molecule has 2 heterocycles. The lowest BCUT2D eigenvalue weighted by molar-refractivity contribution is -0.139. The number of aliphatic imine (C=N–C) groups is 1. The van der Waals surface area contributed by atoms with Crippen molar-refractivity contribution in [2.45, 2.75) is 19.4 Å². The molecule has 0 fully saturated rings. The van der Waals surface area contributed by atoms with E-state index in [0.717, 1.165) is 11.1 Å². The van der Waals surface area contributed by atoms with Crippen molar-refractivity contribution in [1.29, 1.82) is 0 Å². The standard InChI is InChI=1S/C19H17ClFN3O2/c1-11-14(10-16(25)26-2)17(12-5-7-13(20)8-6-12)24-19(23-11)18-15(21)4-3-9-22-18/h3-9,17H,10H2,1-2H3,(H,23,24). The third-order valence-electron chi connectivity index (χ3n) is 4.11. The van der Waals surface area contributed by atoms with Crippen molar-refractivity contribution in [3.8, 4) is 0 Å². The van der Waals surface area contributed by atoms with E-state index in [4.69, 9.17) is 16.3 Å². The summed E-state index contributed by atoms with van der Waals surface area (Å²) in [5.74, 6) is -0.533. The zero-order chi connectivity index (χ0) is 18.7. The lowest BCUT2D eigenvalue weighted by Crippen LogP contribution is -2.32. The zero-order valence-electron chi connectivity index (χ0n) is 14.3. The largest absolute Gasteiger partial charge is 0.469 e. The first-order valence-corrected chi connectivity index (χ1v) is 8.35. The number of methoxy groups -OCH3 is 1. The van der Waals surface area contributed by atoms with Crippen molar-refractivity contribution >= 4 is 23.4 Å². The quantitative estimate of drug-likeness (QED) is 0.828. The molecule has 0 spiro atoms. The molecule has 0 radical (unpaired) electrons. The Bertz CT molecular complexity index is 894. The lowest BCUT2D eigenvalue weighted by atomic mass is 9.93. The van der Waals surface area contributed by atoms with Crippen molar-refractivity contribution in [3.63, 3.8) is 0 Å². The molecule has 7 heteroatoms. The molecule has 0 aliphatic carbocycles. The fourth-order valence-electron chi connectivity index (χ4n) is 2.76. The summed E-state index contributed by atoms with van der Waals surface area (Å²) in [5.41, 5.74) is 2.43. The summed E-state index contributed by atoms with van der Waals surface area (Å²) in [6, 6.07) is 9.54. The van der Waals surface area contributed by atoms with E-state index in [-0.39, 0.29) is 18.1 Å². The fourth-order valence-corrected chi connectivity index (χ4v) is 2.89. The number of amidine groups is 1. The Morgan fingerprint density at radius 3 is 2.69 bits per heavy atom. The van der Waals surface area contributed by atoms with Crippen LogP contribution in [-0.2, 0) is 9.53 Å². The highest BCUT2D eigenvalue weighted by Crippen LogP contribution is 2.34. The highest BCUT2D eigenvalue weighted by Gasteiger charge is 2.27. The average Bonchev–Trinajstić information content (AvgIpc) is 2.64. The van der Waals surface area contributed by atoms with Crippen LogP contribution >= 0.6 is 11.6 Å². The maximum atomic E-state index is 14.2. The van der Waals surface area contributed by atoms with Gasteiger partial charge >= 0.3 is 5.97 Å². The second-order valence-corrected chi connectivity index (χ2v) is 6.23. The van der Waals surface area contributed by atoms with Gasteiger partial charge in [-0.2, -0.15) is 0 Å². The van der Waals surface area contributed by atoms with Crippen LogP contribution in [0.2, 0.25) is 5.02 Å². The summed E-state index contributed by atoms with van der Waals surface area (Å²) in [6.45, 7) is 1.82. The van der Waals surface area contributed by atoms with Crippen molar-refractivity contribution in [1.82, 2.24) is 10.3 Å². The number of rotatable bonds is 4. The number of hydrogen-bond acceptors (Lipinski definition) is 5. The summed E-state index contributed by atoms with van der Waals surface area (Å²) in [5, 5.41) is 3.65. The van der Waals surface area contributed by atoms with Gasteiger partial charge in [0.05, 0.1) is 13.5 Å². The van der Waals surface area contributed by atoms with Crippen LogP contribution < -0.4 is 5.32 Å².